The number of thiophene rings is 1. The largest absolute Gasteiger partial charge is 0.309 e. The van der Waals surface area contributed by atoms with Crippen molar-refractivity contribution in [1.82, 2.24) is 5.32 Å². The molecule has 1 unspecified atom stereocenters. The predicted molar refractivity (Wildman–Crippen MR) is 74.1 cm³/mol. The first-order valence-electron chi connectivity index (χ1n) is 5.18. The summed E-state index contributed by atoms with van der Waals surface area (Å²) in [4.78, 5) is 0. The first-order chi connectivity index (χ1) is 7.72. The molecule has 0 fully saturated rings. The Bertz CT molecular complexity index is 465. The van der Waals surface area contributed by atoms with Crippen molar-refractivity contribution < 1.29 is 0 Å². The molecule has 3 heteroatoms. The summed E-state index contributed by atoms with van der Waals surface area (Å²) in [5.74, 6) is 0. The second kappa shape index (κ2) is 5.13. The molecular formula is C13H14BrNS. The van der Waals surface area contributed by atoms with Gasteiger partial charge in [-0.1, -0.05) is 28.1 Å². The van der Waals surface area contributed by atoms with Crippen molar-refractivity contribution in [2.24, 2.45) is 0 Å². The van der Waals surface area contributed by atoms with Crippen molar-refractivity contribution >= 4 is 27.3 Å². The first kappa shape index (κ1) is 11.8. The Morgan fingerprint density at radius 3 is 2.62 bits per heavy atom. The van der Waals surface area contributed by atoms with Gasteiger partial charge in [-0.15, -0.1) is 0 Å². The molecule has 2 rings (SSSR count). The molecule has 1 heterocycles. The van der Waals surface area contributed by atoms with Crippen LogP contribution in [0.25, 0.3) is 0 Å². The summed E-state index contributed by atoms with van der Waals surface area (Å²) >= 11 is 5.32. The molecule has 1 atom stereocenters. The highest BCUT2D eigenvalue weighted by molar-refractivity contribution is 9.10. The summed E-state index contributed by atoms with van der Waals surface area (Å²) in [5.41, 5.74) is 3.88. The van der Waals surface area contributed by atoms with Crippen LogP contribution in [-0.4, -0.2) is 7.05 Å². The van der Waals surface area contributed by atoms with Gasteiger partial charge in [-0.2, -0.15) is 11.3 Å². The molecule has 0 bridgehead atoms. The Morgan fingerprint density at radius 2 is 2.06 bits per heavy atom. The van der Waals surface area contributed by atoms with Crippen molar-refractivity contribution in [3.8, 4) is 0 Å². The maximum atomic E-state index is 3.58. The maximum absolute atomic E-state index is 3.58. The Kier molecular flexibility index (Phi) is 3.79. The van der Waals surface area contributed by atoms with Crippen LogP contribution in [-0.2, 0) is 0 Å². The average Bonchev–Trinajstić information content (AvgIpc) is 2.78. The fourth-order valence-corrected chi connectivity index (χ4v) is 2.84. The van der Waals surface area contributed by atoms with Gasteiger partial charge < -0.3 is 5.32 Å². The van der Waals surface area contributed by atoms with Crippen LogP contribution in [0.2, 0.25) is 0 Å². The zero-order valence-electron chi connectivity index (χ0n) is 9.33. The summed E-state index contributed by atoms with van der Waals surface area (Å²) in [7, 11) is 2.00. The fraction of sp³-hybridized carbons (Fsp3) is 0.231. The van der Waals surface area contributed by atoms with Crippen molar-refractivity contribution in [2.75, 3.05) is 7.05 Å². The van der Waals surface area contributed by atoms with Crippen LogP contribution in [0.5, 0.6) is 0 Å². The smallest absolute Gasteiger partial charge is 0.0582 e. The zero-order valence-corrected chi connectivity index (χ0v) is 11.7. The number of nitrogens with one attached hydrogen (secondary N) is 1. The van der Waals surface area contributed by atoms with Gasteiger partial charge in [-0.25, -0.2) is 0 Å². The highest BCUT2D eigenvalue weighted by atomic mass is 79.9. The van der Waals surface area contributed by atoms with Gasteiger partial charge in [-0.05, 0) is 53.6 Å². The van der Waals surface area contributed by atoms with Gasteiger partial charge in [0, 0.05) is 4.47 Å². The molecule has 1 N–H and O–H groups in total. The Morgan fingerprint density at radius 1 is 1.25 bits per heavy atom. The van der Waals surface area contributed by atoms with Crippen molar-refractivity contribution in [3.63, 3.8) is 0 Å². The third kappa shape index (κ3) is 2.37. The standard InChI is InChI=1S/C13H14BrNS/c1-9-3-4-10(7-12(9)14)13(15-2)11-5-6-16-8-11/h3-8,13,15H,1-2H3. The monoisotopic (exact) mass is 295 g/mol. The average molecular weight is 296 g/mol. The lowest BCUT2D eigenvalue weighted by Gasteiger charge is -2.16. The molecule has 0 aliphatic carbocycles. The SMILES string of the molecule is CNC(c1ccsc1)c1ccc(C)c(Br)c1. The molecule has 84 valence electrons. The van der Waals surface area contributed by atoms with Crippen LogP contribution in [0.3, 0.4) is 0 Å². The molecule has 0 saturated carbocycles. The molecule has 0 saturated heterocycles. The molecule has 1 nitrogen and oxygen atoms in total. The van der Waals surface area contributed by atoms with Gasteiger partial charge in [0.1, 0.15) is 0 Å². The van der Waals surface area contributed by atoms with Crippen LogP contribution in [0.1, 0.15) is 22.7 Å². The third-order valence-corrected chi connectivity index (χ3v) is 4.25. The summed E-state index contributed by atoms with van der Waals surface area (Å²) in [6, 6.07) is 8.96. The van der Waals surface area contributed by atoms with E-state index in [2.05, 4.69) is 63.2 Å². The quantitative estimate of drug-likeness (QED) is 0.898. The zero-order chi connectivity index (χ0) is 11.5. The number of hydrogen-bond acceptors (Lipinski definition) is 2. The van der Waals surface area contributed by atoms with E-state index < -0.39 is 0 Å². The van der Waals surface area contributed by atoms with E-state index in [4.69, 9.17) is 0 Å². The molecular weight excluding hydrogens is 282 g/mol. The second-order valence-corrected chi connectivity index (χ2v) is 5.42. The highest BCUT2D eigenvalue weighted by Gasteiger charge is 2.12. The lowest BCUT2D eigenvalue weighted by atomic mass is 10.0. The van der Waals surface area contributed by atoms with Gasteiger partial charge in [0.15, 0.2) is 0 Å². The van der Waals surface area contributed by atoms with E-state index in [0.29, 0.717) is 0 Å². The van der Waals surface area contributed by atoms with Gasteiger partial charge in [0.05, 0.1) is 6.04 Å². The lowest BCUT2D eigenvalue weighted by Crippen LogP contribution is -2.16. The number of rotatable bonds is 3. The normalized spacial score (nSPS) is 12.7. The predicted octanol–water partition coefficient (Wildman–Crippen LogP) is 4.13. The number of benzene rings is 1. The third-order valence-electron chi connectivity index (χ3n) is 2.69. The van der Waals surface area contributed by atoms with Crippen LogP contribution < -0.4 is 5.32 Å². The van der Waals surface area contributed by atoms with Gasteiger partial charge >= 0.3 is 0 Å². The maximum Gasteiger partial charge on any atom is 0.0582 e. The molecule has 0 radical (unpaired) electrons. The highest BCUT2D eigenvalue weighted by Crippen LogP contribution is 2.27. The van der Waals surface area contributed by atoms with Crippen molar-refractivity contribution in [1.29, 1.82) is 0 Å². The Labute approximate surface area is 109 Å². The molecule has 0 aliphatic heterocycles. The van der Waals surface area contributed by atoms with Crippen molar-refractivity contribution in [3.05, 3.63) is 56.2 Å². The van der Waals surface area contributed by atoms with E-state index in [9.17, 15) is 0 Å². The van der Waals surface area contributed by atoms with Crippen LogP contribution in [0.4, 0.5) is 0 Å². The van der Waals surface area contributed by atoms with Gasteiger partial charge in [0.2, 0.25) is 0 Å². The fourth-order valence-electron chi connectivity index (χ4n) is 1.75. The van der Waals surface area contributed by atoms with Crippen LogP contribution >= 0.6 is 27.3 Å². The van der Waals surface area contributed by atoms with E-state index in [1.165, 1.54) is 21.2 Å². The number of aryl methyl sites for hydroxylation is 1. The number of halogens is 1. The van der Waals surface area contributed by atoms with Crippen molar-refractivity contribution in [2.45, 2.75) is 13.0 Å². The van der Waals surface area contributed by atoms with Gasteiger partial charge in [0.25, 0.3) is 0 Å². The van der Waals surface area contributed by atoms with E-state index in [1.54, 1.807) is 11.3 Å². The molecule has 0 spiro atoms. The minimum absolute atomic E-state index is 0.281. The Balaban J connectivity index is 2.37. The minimum atomic E-state index is 0.281. The molecule has 0 aliphatic rings. The summed E-state index contributed by atoms with van der Waals surface area (Å²) in [6.07, 6.45) is 0. The summed E-state index contributed by atoms with van der Waals surface area (Å²) < 4.78 is 1.17. The summed E-state index contributed by atoms with van der Waals surface area (Å²) in [5, 5.41) is 7.66. The molecule has 16 heavy (non-hydrogen) atoms. The number of hydrogen-bond donors (Lipinski definition) is 1. The topological polar surface area (TPSA) is 12.0 Å². The second-order valence-electron chi connectivity index (χ2n) is 3.79. The van der Waals surface area contributed by atoms with E-state index in [-0.39, 0.29) is 6.04 Å². The molecule has 1 aromatic carbocycles. The Hall–Kier alpha value is -0.640. The molecule has 0 amide bonds. The van der Waals surface area contributed by atoms with Crippen LogP contribution in [0.15, 0.2) is 39.5 Å². The first-order valence-corrected chi connectivity index (χ1v) is 6.91. The van der Waals surface area contributed by atoms with E-state index in [1.807, 2.05) is 7.05 Å². The lowest BCUT2D eigenvalue weighted by molar-refractivity contribution is 0.693. The summed E-state index contributed by atoms with van der Waals surface area (Å²) in [6.45, 7) is 2.10. The minimum Gasteiger partial charge on any atom is -0.309 e. The van der Waals surface area contributed by atoms with Crippen LogP contribution in [0, 0.1) is 6.92 Å². The molecule has 2 aromatic rings. The molecule has 1 aromatic heterocycles. The van der Waals surface area contributed by atoms with Gasteiger partial charge in [-0.3, -0.25) is 0 Å². The van der Waals surface area contributed by atoms with E-state index >= 15 is 0 Å². The van der Waals surface area contributed by atoms with E-state index in [0.717, 1.165) is 0 Å².